The number of hydrogen-bond acceptors (Lipinski definition) is 9. The number of methoxy groups -OCH3 is 2. The zero-order valence-corrected chi connectivity index (χ0v) is 17.4. The molecule has 1 aromatic heterocycles. The molecule has 0 aliphatic carbocycles. The largest absolute Gasteiger partial charge is 0.493 e. The van der Waals surface area contributed by atoms with Gasteiger partial charge in [0.15, 0.2) is 23.0 Å². The molecule has 4 rings (SSSR count). The maximum Gasteiger partial charge on any atom is 0.233 e. The Labute approximate surface area is 173 Å². The summed E-state index contributed by atoms with van der Waals surface area (Å²) in [6, 6.07) is 9.49. The first-order valence-corrected chi connectivity index (χ1v) is 10.5. The number of aromatic nitrogens is 1. The standard InChI is InChI=1S/C20H20N2O7S/c1-21-19-20(22-18(29-19)12-4-6-14(25-2)16(10-12)26-3)30(23,24)13-5-7-15-17(11-13)28-9-8-27-15/h4-7,10-11,21H,8-9H2,1-3H3. The summed E-state index contributed by atoms with van der Waals surface area (Å²) < 4.78 is 53.7. The van der Waals surface area contributed by atoms with Gasteiger partial charge in [-0.1, -0.05) is 0 Å². The molecule has 1 aliphatic rings. The summed E-state index contributed by atoms with van der Waals surface area (Å²) in [4.78, 5) is 4.28. The van der Waals surface area contributed by atoms with Crippen molar-refractivity contribution >= 4 is 15.7 Å². The third kappa shape index (κ3) is 3.39. The second-order valence-electron chi connectivity index (χ2n) is 6.28. The summed E-state index contributed by atoms with van der Waals surface area (Å²) in [5.41, 5.74) is 0.535. The van der Waals surface area contributed by atoms with Crippen molar-refractivity contribution in [1.82, 2.24) is 4.98 Å². The highest BCUT2D eigenvalue weighted by atomic mass is 32.2. The second kappa shape index (κ2) is 7.79. The van der Waals surface area contributed by atoms with E-state index in [1.807, 2.05) is 0 Å². The Balaban J connectivity index is 1.77. The summed E-state index contributed by atoms with van der Waals surface area (Å²) >= 11 is 0. The number of oxazole rings is 1. The van der Waals surface area contributed by atoms with Crippen LogP contribution in [0.25, 0.3) is 11.5 Å². The van der Waals surface area contributed by atoms with Crippen LogP contribution in [-0.2, 0) is 9.84 Å². The van der Waals surface area contributed by atoms with Crippen molar-refractivity contribution < 1.29 is 31.8 Å². The molecule has 1 N–H and O–H groups in total. The van der Waals surface area contributed by atoms with Gasteiger partial charge in [-0.25, -0.2) is 8.42 Å². The molecule has 3 aromatic rings. The summed E-state index contributed by atoms with van der Waals surface area (Å²) in [5.74, 6) is 2.02. The van der Waals surface area contributed by atoms with Crippen LogP contribution >= 0.6 is 0 Å². The number of fused-ring (bicyclic) bond motifs is 1. The lowest BCUT2D eigenvalue weighted by atomic mass is 10.2. The molecule has 9 nitrogen and oxygen atoms in total. The smallest absolute Gasteiger partial charge is 0.233 e. The lowest BCUT2D eigenvalue weighted by molar-refractivity contribution is 0.171. The van der Waals surface area contributed by atoms with Crippen LogP contribution in [0.3, 0.4) is 0 Å². The van der Waals surface area contributed by atoms with Gasteiger partial charge < -0.3 is 28.7 Å². The number of ether oxygens (including phenoxy) is 4. The number of rotatable bonds is 6. The third-order valence-corrected chi connectivity index (χ3v) is 6.19. The van der Waals surface area contributed by atoms with Crippen LogP contribution in [0.1, 0.15) is 0 Å². The van der Waals surface area contributed by atoms with Crippen LogP contribution in [0.5, 0.6) is 23.0 Å². The average molecular weight is 432 g/mol. The van der Waals surface area contributed by atoms with E-state index >= 15 is 0 Å². The Morgan fingerprint density at radius 1 is 0.967 bits per heavy atom. The van der Waals surface area contributed by atoms with E-state index in [2.05, 4.69) is 10.3 Å². The van der Waals surface area contributed by atoms with E-state index in [-0.39, 0.29) is 21.7 Å². The van der Waals surface area contributed by atoms with E-state index in [1.54, 1.807) is 31.3 Å². The van der Waals surface area contributed by atoms with Gasteiger partial charge in [0.25, 0.3) is 0 Å². The normalized spacial score (nSPS) is 13.0. The summed E-state index contributed by atoms with van der Waals surface area (Å²) in [6.45, 7) is 0.770. The van der Waals surface area contributed by atoms with E-state index < -0.39 is 9.84 Å². The molecule has 0 saturated heterocycles. The minimum atomic E-state index is -3.99. The van der Waals surface area contributed by atoms with Gasteiger partial charge in [0.1, 0.15) is 13.2 Å². The monoisotopic (exact) mass is 432 g/mol. The maximum atomic E-state index is 13.3. The van der Waals surface area contributed by atoms with Gasteiger partial charge in [0.05, 0.1) is 19.1 Å². The topological polar surface area (TPSA) is 109 Å². The van der Waals surface area contributed by atoms with E-state index in [9.17, 15) is 8.42 Å². The van der Waals surface area contributed by atoms with Crippen molar-refractivity contribution in [3.8, 4) is 34.5 Å². The minimum Gasteiger partial charge on any atom is -0.493 e. The molecule has 0 spiro atoms. The molecule has 2 heterocycles. The van der Waals surface area contributed by atoms with Gasteiger partial charge in [0.2, 0.25) is 26.6 Å². The Morgan fingerprint density at radius 2 is 1.70 bits per heavy atom. The van der Waals surface area contributed by atoms with Gasteiger partial charge in [-0.15, -0.1) is 0 Å². The molecule has 0 saturated carbocycles. The van der Waals surface area contributed by atoms with Crippen molar-refractivity contribution in [3.63, 3.8) is 0 Å². The maximum absolute atomic E-state index is 13.3. The predicted molar refractivity (Wildman–Crippen MR) is 107 cm³/mol. The Morgan fingerprint density at radius 3 is 2.40 bits per heavy atom. The number of anilines is 1. The van der Waals surface area contributed by atoms with E-state index in [4.69, 9.17) is 23.4 Å². The minimum absolute atomic E-state index is 0.0228. The highest BCUT2D eigenvalue weighted by Crippen LogP contribution is 2.38. The van der Waals surface area contributed by atoms with Crippen molar-refractivity contribution in [2.75, 3.05) is 39.8 Å². The summed E-state index contributed by atoms with van der Waals surface area (Å²) in [6.07, 6.45) is 0. The highest BCUT2D eigenvalue weighted by Gasteiger charge is 2.29. The Hall–Kier alpha value is -3.40. The molecule has 0 fully saturated rings. The van der Waals surface area contributed by atoms with E-state index in [0.29, 0.717) is 41.8 Å². The molecule has 10 heteroatoms. The van der Waals surface area contributed by atoms with Gasteiger partial charge >= 0.3 is 0 Å². The van der Waals surface area contributed by atoms with Crippen LogP contribution < -0.4 is 24.3 Å². The van der Waals surface area contributed by atoms with Gasteiger partial charge in [-0.2, -0.15) is 4.98 Å². The van der Waals surface area contributed by atoms with Gasteiger partial charge in [-0.3, -0.25) is 0 Å². The molecule has 1 aliphatic heterocycles. The first-order valence-electron chi connectivity index (χ1n) is 9.03. The van der Waals surface area contributed by atoms with Crippen molar-refractivity contribution in [3.05, 3.63) is 36.4 Å². The molecule has 0 unspecified atom stereocenters. The summed E-state index contributed by atoms with van der Waals surface area (Å²) in [7, 11) is 0.603. The number of nitrogens with one attached hydrogen (secondary N) is 1. The Bertz CT molecular complexity index is 1190. The number of benzene rings is 2. The zero-order chi connectivity index (χ0) is 21.3. The fourth-order valence-corrected chi connectivity index (χ4v) is 4.36. The number of hydrogen-bond donors (Lipinski definition) is 1. The van der Waals surface area contributed by atoms with Crippen molar-refractivity contribution in [1.29, 1.82) is 0 Å². The predicted octanol–water partition coefficient (Wildman–Crippen LogP) is 3.00. The lowest BCUT2D eigenvalue weighted by Crippen LogP contribution is -2.16. The van der Waals surface area contributed by atoms with E-state index in [0.717, 1.165) is 0 Å². The van der Waals surface area contributed by atoms with Crippen molar-refractivity contribution in [2.45, 2.75) is 9.92 Å². The zero-order valence-electron chi connectivity index (χ0n) is 16.6. The molecule has 0 radical (unpaired) electrons. The fraction of sp³-hybridized carbons (Fsp3) is 0.250. The first kappa shape index (κ1) is 19.9. The highest BCUT2D eigenvalue weighted by molar-refractivity contribution is 7.91. The number of sulfone groups is 1. The quantitative estimate of drug-likeness (QED) is 0.628. The SMILES string of the molecule is CNc1oc(-c2ccc(OC)c(OC)c2)nc1S(=O)(=O)c1ccc2c(c1)OCCO2. The fourth-order valence-electron chi connectivity index (χ4n) is 3.04. The van der Waals surface area contributed by atoms with Crippen molar-refractivity contribution in [2.24, 2.45) is 0 Å². The van der Waals surface area contributed by atoms with Crippen LogP contribution in [0.2, 0.25) is 0 Å². The third-order valence-electron chi connectivity index (χ3n) is 4.53. The molecule has 0 bridgehead atoms. The van der Waals surface area contributed by atoms with Crippen LogP contribution in [0.4, 0.5) is 5.88 Å². The van der Waals surface area contributed by atoms with Crippen LogP contribution in [-0.4, -0.2) is 47.9 Å². The molecule has 0 atom stereocenters. The molecule has 158 valence electrons. The first-order chi connectivity index (χ1) is 14.5. The van der Waals surface area contributed by atoms with Crippen LogP contribution in [0.15, 0.2) is 50.7 Å². The molecular formula is C20H20N2O7S. The van der Waals surface area contributed by atoms with Gasteiger partial charge in [-0.05, 0) is 30.3 Å². The summed E-state index contributed by atoms with van der Waals surface area (Å²) in [5, 5.41) is 2.52. The molecule has 0 amide bonds. The lowest BCUT2D eigenvalue weighted by Gasteiger charge is -2.18. The average Bonchev–Trinajstić information content (AvgIpc) is 3.23. The molecular weight excluding hydrogens is 412 g/mol. The van der Waals surface area contributed by atoms with Crippen LogP contribution in [0, 0.1) is 0 Å². The second-order valence-corrected chi connectivity index (χ2v) is 8.15. The number of nitrogens with zero attached hydrogens (tertiary/aromatic N) is 1. The molecule has 30 heavy (non-hydrogen) atoms. The van der Waals surface area contributed by atoms with E-state index in [1.165, 1.54) is 26.4 Å². The Kier molecular flexibility index (Phi) is 5.17. The molecule has 2 aromatic carbocycles. The van der Waals surface area contributed by atoms with Gasteiger partial charge in [0, 0.05) is 18.7 Å².